The Kier molecular flexibility index (Phi) is 12.3. The second-order valence-electron chi connectivity index (χ2n) is 10.3. The third-order valence-corrected chi connectivity index (χ3v) is 7.30. The van der Waals surface area contributed by atoms with Crippen LogP contribution >= 0.6 is 0 Å². The summed E-state index contributed by atoms with van der Waals surface area (Å²) in [5.74, 6) is 1.99. The molecule has 35 heavy (non-hydrogen) atoms. The molecule has 3 rings (SSSR count). The van der Waals surface area contributed by atoms with Crippen molar-refractivity contribution in [2.75, 3.05) is 0 Å². The first kappa shape index (κ1) is 27.4. The molecule has 0 N–H and O–H groups in total. The number of aryl methyl sites for hydroxylation is 1. The van der Waals surface area contributed by atoms with Gasteiger partial charge in [0, 0.05) is 23.9 Å². The highest BCUT2D eigenvalue weighted by molar-refractivity contribution is 5.72. The average molecular weight is 479 g/mol. The number of aromatic nitrogens is 2. The maximum absolute atomic E-state index is 12.0. The molecule has 2 aromatic rings. The van der Waals surface area contributed by atoms with Gasteiger partial charge in [0.1, 0.15) is 5.75 Å². The van der Waals surface area contributed by atoms with Gasteiger partial charge in [0.15, 0.2) is 5.82 Å². The second kappa shape index (κ2) is 15.7. The van der Waals surface area contributed by atoms with Crippen molar-refractivity contribution in [3.8, 4) is 17.1 Å². The van der Waals surface area contributed by atoms with Crippen LogP contribution in [0, 0.1) is 5.92 Å². The number of carbonyl (C=O) groups is 1. The predicted molar refractivity (Wildman–Crippen MR) is 145 cm³/mol. The first-order chi connectivity index (χ1) is 17.2. The Morgan fingerprint density at radius 3 is 2.26 bits per heavy atom. The van der Waals surface area contributed by atoms with Gasteiger partial charge in [-0.25, -0.2) is 9.97 Å². The molecule has 0 saturated carbocycles. The van der Waals surface area contributed by atoms with Crippen LogP contribution in [0.1, 0.15) is 121 Å². The molecule has 1 aromatic heterocycles. The molecule has 0 amide bonds. The van der Waals surface area contributed by atoms with E-state index in [0.717, 1.165) is 43.0 Å². The zero-order valence-corrected chi connectivity index (χ0v) is 22.2. The maximum atomic E-state index is 12.0. The SMILES string of the molecule is CCCCCCCCCCC1CCc2nc(-c3ccc(OC(=O)CCCCCC)cc3)ncc2C1. The molecular weight excluding hydrogens is 432 g/mol. The lowest BCUT2D eigenvalue weighted by molar-refractivity contribution is -0.134. The van der Waals surface area contributed by atoms with Gasteiger partial charge in [-0.05, 0) is 61.4 Å². The van der Waals surface area contributed by atoms with E-state index in [2.05, 4.69) is 18.8 Å². The van der Waals surface area contributed by atoms with Crippen molar-refractivity contribution < 1.29 is 9.53 Å². The van der Waals surface area contributed by atoms with Crippen molar-refractivity contribution in [2.24, 2.45) is 5.92 Å². The molecule has 0 spiro atoms. The lowest BCUT2D eigenvalue weighted by atomic mass is 9.84. The molecule has 1 heterocycles. The van der Waals surface area contributed by atoms with Gasteiger partial charge in [-0.2, -0.15) is 0 Å². The Morgan fingerprint density at radius 1 is 0.886 bits per heavy atom. The van der Waals surface area contributed by atoms with Crippen molar-refractivity contribution >= 4 is 5.97 Å². The summed E-state index contributed by atoms with van der Waals surface area (Å²) in [5.41, 5.74) is 3.51. The zero-order valence-electron chi connectivity index (χ0n) is 22.2. The van der Waals surface area contributed by atoms with Gasteiger partial charge in [0.05, 0.1) is 0 Å². The minimum Gasteiger partial charge on any atom is -0.427 e. The summed E-state index contributed by atoms with van der Waals surface area (Å²) in [6.45, 7) is 4.45. The van der Waals surface area contributed by atoms with E-state index in [1.54, 1.807) is 0 Å². The van der Waals surface area contributed by atoms with Gasteiger partial charge in [0.2, 0.25) is 0 Å². The molecule has 0 radical (unpaired) electrons. The Balaban J connectivity index is 1.42. The van der Waals surface area contributed by atoms with E-state index in [4.69, 9.17) is 9.72 Å². The van der Waals surface area contributed by atoms with Crippen molar-refractivity contribution in [2.45, 2.75) is 123 Å². The number of benzene rings is 1. The Hall–Kier alpha value is -2.23. The molecule has 0 bridgehead atoms. The van der Waals surface area contributed by atoms with Gasteiger partial charge in [-0.15, -0.1) is 0 Å². The number of hydrogen-bond donors (Lipinski definition) is 0. The number of esters is 1. The number of unbranched alkanes of at least 4 members (excludes halogenated alkanes) is 10. The lowest BCUT2D eigenvalue weighted by Gasteiger charge is -2.24. The van der Waals surface area contributed by atoms with E-state index < -0.39 is 0 Å². The molecule has 0 saturated heterocycles. The number of carbonyl (C=O) groups excluding carboxylic acids is 1. The van der Waals surface area contributed by atoms with E-state index in [-0.39, 0.29) is 5.97 Å². The summed E-state index contributed by atoms with van der Waals surface area (Å²) in [7, 11) is 0. The number of fused-ring (bicyclic) bond motifs is 1. The Bertz CT molecular complexity index is 878. The van der Waals surface area contributed by atoms with Crippen LogP contribution in [-0.4, -0.2) is 15.9 Å². The largest absolute Gasteiger partial charge is 0.427 e. The number of hydrogen-bond acceptors (Lipinski definition) is 4. The molecule has 1 aromatic carbocycles. The van der Waals surface area contributed by atoms with Gasteiger partial charge in [-0.1, -0.05) is 90.9 Å². The molecule has 0 aliphatic heterocycles. The summed E-state index contributed by atoms with van der Waals surface area (Å²) in [6.07, 6.45) is 22.7. The molecular formula is C31H46N2O2. The van der Waals surface area contributed by atoms with Crippen LogP contribution in [0.5, 0.6) is 5.75 Å². The molecule has 4 heteroatoms. The first-order valence-corrected chi connectivity index (χ1v) is 14.4. The van der Waals surface area contributed by atoms with E-state index in [1.807, 2.05) is 30.5 Å². The van der Waals surface area contributed by atoms with Crippen molar-refractivity contribution in [3.63, 3.8) is 0 Å². The Labute approximate surface area is 213 Å². The van der Waals surface area contributed by atoms with E-state index >= 15 is 0 Å². The van der Waals surface area contributed by atoms with Crippen LogP contribution in [-0.2, 0) is 17.6 Å². The van der Waals surface area contributed by atoms with E-state index in [1.165, 1.54) is 88.3 Å². The minimum absolute atomic E-state index is 0.152. The van der Waals surface area contributed by atoms with Crippen LogP contribution in [0.25, 0.3) is 11.4 Å². The lowest BCUT2D eigenvalue weighted by Crippen LogP contribution is -2.16. The topological polar surface area (TPSA) is 52.1 Å². The molecule has 1 atom stereocenters. The first-order valence-electron chi connectivity index (χ1n) is 14.4. The van der Waals surface area contributed by atoms with E-state index in [9.17, 15) is 4.79 Å². The number of rotatable bonds is 16. The molecule has 1 aliphatic rings. The summed E-state index contributed by atoms with van der Waals surface area (Å²) < 4.78 is 5.48. The van der Waals surface area contributed by atoms with Gasteiger partial charge in [-0.3, -0.25) is 4.79 Å². The summed E-state index contributed by atoms with van der Waals surface area (Å²) in [6, 6.07) is 7.61. The molecule has 0 fully saturated rings. The van der Waals surface area contributed by atoms with Crippen LogP contribution in [0.2, 0.25) is 0 Å². The van der Waals surface area contributed by atoms with Crippen molar-refractivity contribution in [1.82, 2.24) is 9.97 Å². The smallest absolute Gasteiger partial charge is 0.311 e. The monoisotopic (exact) mass is 478 g/mol. The number of ether oxygens (including phenoxy) is 1. The quantitative estimate of drug-likeness (QED) is 0.138. The predicted octanol–water partition coefficient (Wildman–Crippen LogP) is 8.66. The highest BCUT2D eigenvalue weighted by Crippen LogP contribution is 2.29. The molecule has 4 nitrogen and oxygen atoms in total. The highest BCUT2D eigenvalue weighted by Gasteiger charge is 2.20. The van der Waals surface area contributed by atoms with Gasteiger partial charge >= 0.3 is 5.97 Å². The molecule has 192 valence electrons. The van der Waals surface area contributed by atoms with Gasteiger partial charge < -0.3 is 4.74 Å². The van der Waals surface area contributed by atoms with Crippen LogP contribution in [0.3, 0.4) is 0 Å². The fourth-order valence-corrected chi connectivity index (χ4v) is 5.09. The normalized spacial score (nSPS) is 15.1. The fourth-order valence-electron chi connectivity index (χ4n) is 5.09. The summed E-state index contributed by atoms with van der Waals surface area (Å²) in [4.78, 5) is 21.6. The third kappa shape index (κ3) is 9.74. The average Bonchev–Trinajstić information content (AvgIpc) is 2.88. The van der Waals surface area contributed by atoms with Crippen molar-refractivity contribution in [3.05, 3.63) is 41.7 Å². The summed E-state index contributed by atoms with van der Waals surface area (Å²) in [5, 5.41) is 0. The number of nitrogens with zero attached hydrogens (tertiary/aromatic N) is 2. The van der Waals surface area contributed by atoms with Crippen LogP contribution in [0.15, 0.2) is 30.5 Å². The molecule has 1 unspecified atom stereocenters. The zero-order chi connectivity index (χ0) is 24.7. The fraction of sp³-hybridized carbons (Fsp3) is 0.645. The maximum Gasteiger partial charge on any atom is 0.311 e. The standard InChI is InChI=1S/C31H46N2O2/c1-3-5-7-9-10-11-12-13-15-25-17-22-29-27(23-25)24-32-31(33-29)26-18-20-28(21-19-26)35-30(34)16-14-8-6-4-2/h18-21,24-25H,3-17,22-23H2,1-2H3. The van der Waals surface area contributed by atoms with Gasteiger partial charge in [0.25, 0.3) is 0 Å². The summed E-state index contributed by atoms with van der Waals surface area (Å²) >= 11 is 0. The minimum atomic E-state index is -0.152. The van der Waals surface area contributed by atoms with Crippen molar-refractivity contribution in [1.29, 1.82) is 0 Å². The third-order valence-electron chi connectivity index (χ3n) is 7.30. The molecule has 1 aliphatic carbocycles. The van der Waals surface area contributed by atoms with Crippen LogP contribution < -0.4 is 4.74 Å². The van der Waals surface area contributed by atoms with E-state index in [0.29, 0.717) is 12.2 Å². The Morgan fingerprint density at radius 2 is 1.54 bits per heavy atom. The highest BCUT2D eigenvalue weighted by atomic mass is 16.5. The second-order valence-corrected chi connectivity index (χ2v) is 10.3. The van der Waals surface area contributed by atoms with Crippen LogP contribution in [0.4, 0.5) is 0 Å².